The van der Waals surface area contributed by atoms with Gasteiger partial charge in [-0.15, -0.1) is 0 Å². The second kappa shape index (κ2) is 6.47. The van der Waals surface area contributed by atoms with Gasteiger partial charge in [0.15, 0.2) is 0 Å². The number of amides is 1. The number of rotatable bonds is 3. The lowest BCUT2D eigenvalue weighted by Crippen LogP contribution is -2.39. The third kappa shape index (κ3) is 3.42. The number of alkyl halides is 2. The van der Waals surface area contributed by atoms with E-state index in [9.17, 15) is 18.0 Å². The van der Waals surface area contributed by atoms with Gasteiger partial charge in [0.2, 0.25) is 5.76 Å². The molecule has 1 aliphatic heterocycles. The third-order valence-corrected chi connectivity index (χ3v) is 4.16. The molecule has 6 nitrogen and oxygen atoms in total. The molecule has 0 spiro atoms. The van der Waals surface area contributed by atoms with Gasteiger partial charge in [-0.2, -0.15) is 0 Å². The van der Waals surface area contributed by atoms with E-state index in [2.05, 4.69) is 15.5 Å². The summed E-state index contributed by atoms with van der Waals surface area (Å²) in [6, 6.07) is 3.05. The summed E-state index contributed by atoms with van der Waals surface area (Å²) < 4.78 is 47.8. The highest BCUT2D eigenvalue weighted by Gasteiger charge is 2.46. The minimum atomic E-state index is -3.26. The van der Waals surface area contributed by atoms with Gasteiger partial charge in [-0.25, -0.2) is 13.2 Å². The molecule has 9 heteroatoms. The van der Waals surface area contributed by atoms with Gasteiger partial charge < -0.3 is 15.6 Å². The molecule has 3 rings (SSSR count). The van der Waals surface area contributed by atoms with Crippen LogP contribution in [0.4, 0.5) is 18.9 Å². The molecule has 1 aromatic carbocycles. The minimum Gasteiger partial charge on any atom is -0.387 e. The summed E-state index contributed by atoms with van der Waals surface area (Å²) in [6.07, 6.45) is -0.527. The molecule has 3 N–H and O–H groups in total. The second-order valence-electron chi connectivity index (χ2n) is 6.35. The molecule has 0 fully saturated rings. The quantitative estimate of drug-likeness (QED) is 0.870. The first-order valence-corrected chi connectivity index (χ1v) is 7.92. The van der Waals surface area contributed by atoms with E-state index in [1.54, 1.807) is 6.92 Å². The standard InChI is InChI=1S/C17H17F3N4O2/c1-8-7-17(19,20)14(23-15(8)21)11-6-10(3-4-12(11)18)22-16(25)13-5-9(2)24-26-13/h3-6,8,14H,7H2,1-2H3,(H2,21,23)(H,22,25). The largest absolute Gasteiger partial charge is 0.387 e. The molecule has 0 radical (unpaired) electrons. The maximum atomic E-state index is 14.4. The summed E-state index contributed by atoms with van der Waals surface area (Å²) in [6.45, 7) is 3.18. The summed E-state index contributed by atoms with van der Waals surface area (Å²) >= 11 is 0. The van der Waals surface area contributed by atoms with Crippen molar-refractivity contribution < 1.29 is 22.5 Å². The first-order valence-electron chi connectivity index (χ1n) is 7.92. The molecule has 1 aromatic heterocycles. The molecule has 0 saturated carbocycles. The Hall–Kier alpha value is -2.84. The number of halogens is 3. The summed E-state index contributed by atoms with van der Waals surface area (Å²) in [5, 5.41) is 6.05. The van der Waals surface area contributed by atoms with Gasteiger partial charge in [-0.3, -0.25) is 9.79 Å². The van der Waals surface area contributed by atoms with Crippen LogP contribution in [-0.2, 0) is 0 Å². The highest BCUT2D eigenvalue weighted by atomic mass is 19.3. The van der Waals surface area contributed by atoms with Gasteiger partial charge in [-0.05, 0) is 25.1 Å². The molecule has 0 aliphatic carbocycles. The number of aryl methyl sites for hydroxylation is 1. The number of hydrogen-bond donors (Lipinski definition) is 2. The van der Waals surface area contributed by atoms with Crippen LogP contribution < -0.4 is 11.1 Å². The maximum absolute atomic E-state index is 14.4. The van der Waals surface area contributed by atoms with Crippen LogP contribution in [-0.4, -0.2) is 22.8 Å². The molecular formula is C17H17F3N4O2. The fourth-order valence-corrected chi connectivity index (χ4v) is 2.79. The van der Waals surface area contributed by atoms with Gasteiger partial charge in [-0.1, -0.05) is 12.1 Å². The zero-order valence-corrected chi connectivity index (χ0v) is 14.1. The molecule has 2 unspecified atom stereocenters. The number of carbonyl (C=O) groups excluding carboxylic acids is 1. The van der Waals surface area contributed by atoms with Crippen LogP contribution >= 0.6 is 0 Å². The minimum absolute atomic E-state index is 0.0481. The van der Waals surface area contributed by atoms with Crippen LogP contribution in [0.5, 0.6) is 0 Å². The Morgan fingerprint density at radius 2 is 2.12 bits per heavy atom. The Morgan fingerprint density at radius 3 is 2.77 bits per heavy atom. The van der Waals surface area contributed by atoms with Gasteiger partial charge in [0.1, 0.15) is 11.9 Å². The number of nitrogens with one attached hydrogen (secondary N) is 1. The van der Waals surface area contributed by atoms with Gasteiger partial charge in [0, 0.05) is 29.7 Å². The monoisotopic (exact) mass is 366 g/mol. The van der Waals surface area contributed by atoms with Gasteiger partial charge in [0.05, 0.1) is 11.5 Å². The normalized spacial score (nSPS) is 22.0. The second-order valence-corrected chi connectivity index (χ2v) is 6.35. The number of nitrogens with zero attached hydrogens (tertiary/aromatic N) is 2. The Morgan fingerprint density at radius 1 is 1.38 bits per heavy atom. The molecule has 2 aromatic rings. The number of aromatic nitrogens is 1. The van der Waals surface area contributed by atoms with Gasteiger partial charge >= 0.3 is 0 Å². The molecule has 2 atom stereocenters. The number of carbonyl (C=O) groups is 1. The summed E-state index contributed by atoms with van der Waals surface area (Å²) in [5.41, 5.74) is 5.98. The molecular weight excluding hydrogens is 349 g/mol. The summed E-state index contributed by atoms with van der Waals surface area (Å²) in [4.78, 5) is 15.9. The van der Waals surface area contributed by atoms with Crippen molar-refractivity contribution >= 4 is 17.4 Å². The molecule has 1 amide bonds. The van der Waals surface area contributed by atoms with Crippen molar-refractivity contribution in [1.82, 2.24) is 5.16 Å². The summed E-state index contributed by atoms with van der Waals surface area (Å²) in [7, 11) is 0. The molecule has 2 heterocycles. The number of hydrogen-bond acceptors (Lipinski definition) is 5. The lowest BCUT2D eigenvalue weighted by molar-refractivity contribution is -0.0462. The van der Waals surface area contributed by atoms with Crippen LogP contribution in [0.3, 0.4) is 0 Å². The average molecular weight is 366 g/mol. The Balaban J connectivity index is 1.92. The summed E-state index contributed by atoms with van der Waals surface area (Å²) in [5.74, 6) is -5.33. The molecule has 138 valence electrons. The first kappa shape index (κ1) is 18.0. The Labute approximate surface area is 147 Å². The Kier molecular flexibility index (Phi) is 4.47. The molecule has 0 saturated heterocycles. The van der Waals surface area contributed by atoms with E-state index < -0.39 is 36.0 Å². The zero-order chi connectivity index (χ0) is 19.1. The van der Waals surface area contributed by atoms with Crippen molar-refractivity contribution in [3.8, 4) is 0 Å². The fourth-order valence-electron chi connectivity index (χ4n) is 2.79. The molecule has 26 heavy (non-hydrogen) atoms. The van der Waals surface area contributed by atoms with Crippen LogP contribution in [0.2, 0.25) is 0 Å². The number of aliphatic imine (C=N–C) groups is 1. The van der Waals surface area contributed by atoms with Crippen molar-refractivity contribution in [1.29, 1.82) is 0 Å². The van der Waals surface area contributed by atoms with Crippen LogP contribution in [0.1, 0.15) is 41.2 Å². The number of nitrogens with two attached hydrogens (primary N) is 1. The SMILES string of the molecule is Cc1cc(C(=O)Nc2ccc(F)c(C3N=C(N)C(C)CC3(F)F)c2)on1. The third-order valence-electron chi connectivity index (χ3n) is 4.16. The lowest BCUT2D eigenvalue weighted by atomic mass is 9.89. The topological polar surface area (TPSA) is 93.5 Å². The predicted molar refractivity (Wildman–Crippen MR) is 88.7 cm³/mol. The zero-order valence-electron chi connectivity index (χ0n) is 14.1. The smallest absolute Gasteiger partial charge is 0.294 e. The van der Waals surface area contributed by atoms with E-state index in [1.807, 2.05) is 0 Å². The lowest BCUT2D eigenvalue weighted by Gasteiger charge is -2.32. The van der Waals surface area contributed by atoms with Crippen molar-refractivity contribution in [2.75, 3.05) is 5.32 Å². The van der Waals surface area contributed by atoms with Crippen molar-refractivity contribution in [3.05, 3.63) is 47.1 Å². The highest BCUT2D eigenvalue weighted by molar-refractivity contribution is 6.02. The van der Waals surface area contributed by atoms with Crippen molar-refractivity contribution in [2.24, 2.45) is 16.6 Å². The first-order chi connectivity index (χ1) is 12.2. The van der Waals surface area contributed by atoms with Crippen LogP contribution in [0, 0.1) is 18.7 Å². The molecule has 0 bridgehead atoms. The van der Waals surface area contributed by atoms with Crippen LogP contribution in [0.15, 0.2) is 33.8 Å². The van der Waals surface area contributed by atoms with E-state index in [0.717, 1.165) is 12.1 Å². The van der Waals surface area contributed by atoms with Gasteiger partial charge in [0.25, 0.3) is 11.8 Å². The number of amidine groups is 1. The maximum Gasteiger partial charge on any atom is 0.294 e. The fraction of sp³-hybridized carbons (Fsp3) is 0.353. The van der Waals surface area contributed by atoms with E-state index in [-0.39, 0.29) is 22.8 Å². The number of anilines is 1. The van der Waals surface area contributed by atoms with Crippen molar-refractivity contribution in [2.45, 2.75) is 32.2 Å². The van der Waals surface area contributed by atoms with E-state index >= 15 is 0 Å². The van der Waals surface area contributed by atoms with E-state index in [4.69, 9.17) is 10.3 Å². The van der Waals surface area contributed by atoms with E-state index in [0.29, 0.717) is 5.69 Å². The Bertz CT molecular complexity index is 879. The number of benzene rings is 1. The van der Waals surface area contributed by atoms with Crippen LogP contribution in [0.25, 0.3) is 0 Å². The average Bonchev–Trinajstić information content (AvgIpc) is 2.99. The molecule has 1 aliphatic rings. The van der Waals surface area contributed by atoms with E-state index in [1.165, 1.54) is 19.1 Å². The highest BCUT2D eigenvalue weighted by Crippen LogP contribution is 2.44. The van der Waals surface area contributed by atoms with Crippen molar-refractivity contribution in [3.63, 3.8) is 0 Å². The predicted octanol–water partition coefficient (Wildman–Crippen LogP) is 3.45.